The molecule has 5 nitrogen and oxygen atoms in total. The quantitative estimate of drug-likeness (QED) is 0.199. The number of aliphatic imine (C=N–C) groups is 1. The van der Waals surface area contributed by atoms with Gasteiger partial charge in [0, 0.05) is 36.0 Å². The summed E-state index contributed by atoms with van der Waals surface area (Å²) in [5.41, 5.74) is 2.17. The van der Waals surface area contributed by atoms with E-state index in [0.717, 1.165) is 23.9 Å². The number of methoxy groups -OCH3 is 2. The first-order chi connectivity index (χ1) is 12.2. The highest BCUT2D eigenvalue weighted by Gasteiger charge is 2.06. The number of anilines is 1. The van der Waals surface area contributed by atoms with Crippen LogP contribution >= 0.6 is 35.7 Å². The van der Waals surface area contributed by atoms with Crippen LogP contribution in [-0.4, -0.2) is 39.5 Å². The van der Waals surface area contributed by atoms with Crippen molar-refractivity contribution in [2.24, 2.45) is 4.99 Å². The molecular weight excluding hydrogens is 461 g/mol. The Morgan fingerprint density at radius 3 is 2.35 bits per heavy atom. The molecule has 2 N–H and O–H groups in total. The molecule has 142 valence electrons. The van der Waals surface area contributed by atoms with E-state index in [2.05, 4.69) is 46.8 Å². The van der Waals surface area contributed by atoms with Crippen LogP contribution in [0.1, 0.15) is 5.56 Å². The van der Waals surface area contributed by atoms with Crippen LogP contribution in [0.3, 0.4) is 0 Å². The lowest BCUT2D eigenvalue weighted by Crippen LogP contribution is -2.32. The van der Waals surface area contributed by atoms with Crippen LogP contribution in [0.25, 0.3) is 0 Å². The van der Waals surface area contributed by atoms with Gasteiger partial charge in [-0.1, -0.05) is 17.7 Å². The van der Waals surface area contributed by atoms with Gasteiger partial charge in [0.25, 0.3) is 0 Å². The summed E-state index contributed by atoms with van der Waals surface area (Å²) in [5, 5.41) is 6.57. The van der Waals surface area contributed by atoms with Gasteiger partial charge in [0.15, 0.2) is 17.5 Å². The van der Waals surface area contributed by atoms with Crippen LogP contribution < -0.4 is 20.1 Å². The standard InChI is InChI=1S/C19H25N3O2S.HI/c1-14-5-8-16(9-6-14)25-12-11-21-19(20-2)22-15-7-10-17(23-3)18(13-15)24-4;/h5-10,13H,11-12H2,1-4H3,(H2,20,21,22);1H. The van der Waals surface area contributed by atoms with Crippen LogP contribution in [0.2, 0.25) is 0 Å². The molecule has 2 aromatic carbocycles. The average Bonchev–Trinajstić information content (AvgIpc) is 2.65. The molecule has 0 aliphatic rings. The minimum atomic E-state index is 0. The van der Waals surface area contributed by atoms with Gasteiger partial charge in [-0.25, -0.2) is 0 Å². The van der Waals surface area contributed by atoms with Gasteiger partial charge in [-0.05, 0) is 31.2 Å². The van der Waals surface area contributed by atoms with Crippen LogP contribution in [0.15, 0.2) is 52.4 Å². The number of guanidine groups is 1. The normalized spacial score (nSPS) is 10.7. The predicted octanol–water partition coefficient (Wildman–Crippen LogP) is 4.41. The Balaban J connectivity index is 0.00000338. The number of hydrogen-bond acceptors (Lipinski definition) is 4. The molecule has 0 heterocycles. The van der Waals surface area contributed by atoms with Crippen molar-refractivity contribution in [2.75, 3.05) is 38.9 Å². The summed E-state index contributed by atoms with van der Waals surface area (Å²) in [6.07, 6.45) is 0. The third kappa shape index (κ3) is 6.95. The highest BCUT2D eigenvalue weighted by atomic mass is 127. The number of ether oxygens (including phenoxy) is 2. The maximum atomic E-state index is 5.32. The first kappa shape index (κ1) is 22.4. The molecule has 0 saturated carbocycles. The number of halogens is 1. The molecule has 0 amide bonds. The second-order valence-corrected chi connectivity index (χ2v) is 6.52. The molecule has 0 unspecified atom stereocenters. The van der Waals surface area contributed by atoms with Crippen molar-refractivity contribution in [3.63, 3.8) is 0 Å². The topological polar surface area (TPSA) is 54.9 Å². The van der Waals surface area contributed by atoms with E-state index in [4.69, 9.17) is 9.47 Å². The Morgan fingerprint density at radius 2 is 1.73 bits per heavy atom. The lowest BCUT2D eigenvalue weighted by molar-refractivity contribution is 0.355. The van der Waals surface area contributed by atoms with E-state index in [-0.39, 0.29) is 24.0 Å². The fourth-order valence-corrected chi connectivity index (χ4v) is 2.97. The van der Waals surface area contributed by atoms with Crippen molar-refractivity contribution in [3.05, 3.63) is 48.0 Å². The second-order valence-electron chi connectivity index (χ2n) is 5.36. The summed E-state index contributed by atoms with van der Waals surface area (Å²) in [6, 6.07) is 14.2. The zero-order valence-electron chi connectivity index (χ0n) is 15.5. The minimum Gasteiger partial charge on any atom is -0.493 e. The van der Waals surface area contributed by atoms with E-state index in [1.165, 1.54) is 10.5 Å². The van der Waals surface area contributed by atoms with Gasteiger partial charge in [0.1, 0.15) is 0 Å². The maximum absolute atomic E-state index is 5.32. The molecule has 26 heavy (non-hydrogen) atoms. The summed E-state index contributed by atoms with van der Waals surface area (Å²) in [6.45, 7) is 2.91. The highest BCUT2D eigenvalue weighted by Crippen LogP contribution is 2.29. The Labute approximate surface area is 177 Å². The smallest absolute Gasteiger partial charge is 0.195 e. The maximum Gasteiger partial charge on any atom is 0.195 e. The molecule has 7 heteroatoms. The predicted molar refractivity (Wildman–Crippen MR) is 122 cm³/mol. The largest absolute Gasteiger partial charge is 0.493 e. The van der Waals surface area contributed by atoms with E-state index in [9.17, 15) is 0 Å². The molecule has 0 atom stereocenters. The fraction of sp³-hybridized carbons (Fsp3) is 0.316. The second kappa shape index (κ2) is 11.9. The Hall–Kier alpha value is -1.61. The van der Waals surface area contributed by atoms with Gasteiger partial charge in [-0.2, -0.15) is 0 Å². The summed E-state index contributed by atoms with van der Waals surface area (Å²) >= 11 is 1.82. The zero-order chi connectivity index (χ0) is 18.1. The summed E-state index contributed by atoms with van der Waals surface area (Å²) in [5.74, 6) is 3.05. The molecule has 0 saturated heterocycles. The van der Waals surface area contributed by atoms with Crippen molar-refractivity contribution < 1.29 is 9.47 Å². The molecule has 2 aromatic rings. The molecule has 0 aliphatic heterocycles. The molecule has 0 spiro atoms. The fourth-order valence-electron chi connectivity index (χ4n) is 2.20. The molecule has 0 aromatic heterocycles. The SMILES string of the molecule is CN=C(NCCSc1ccc(C)cc1)Nc1ccc(OC)c(OC)c1.I. The number of nitrogens with one attached hydrogen (secondary N) is 2. The van der Waals surface area contributed by atoms with E-state index in [1.54, 1.807) is 21.3 Å². The van der Waals surface area contributed by atoms with E-state index < -0.39 is 0 Å². The molecule has 0 aliphatic carbocycles. The number of aryl methyl sites for hydroxylation is 1. The number of nitrogens with zero attached hydrogens (tertiary/aromatic N) is 1. The van der Waals surface area contributed by atoms with E-state index in [0.29, 0.717) is 11.5 Å². The summed E-state index contributed by atoms with van der Waals surface area (Å²) < 4.78 is 10.6. The lowest BCUT2D eigenvalue weighted by Gasteiger charge is -2.14. The number of benzene rings is 2. The Bertz CT molecular complexity index is 708. The first-order valence-corrected chi connectivity index (χ1v) is 9.04. The van der Waals surface area contributed by atoms with E-state index in [1.807, 2.05) is 30.0 Å². The van der Waals surface area contributed by atoms with Crippen LogP contribution in [0.4, 0.5) is 5.69 Å². The van der Waals surface area contributed by atoms with Gasteiger partial charge in [0.2, 0.25) is 0 Å². The van der Waals surface area contributed by atoms with Crippen molar-refractivity contribution in [1.29, 1.82) is 0 Å². The third-order valence-electron chi connectivity index (χ3n) is 3.55. The monoisotopic (exact) mass is 487 g/mol. The van der Waals surface area contributed by atoms with Crippen LogP contribution in [0.5, 0.6) is 11.5 Å². The number of rotatable bonds is 7. The Kier molecular flexibility index (Phi) is 10.3. The highest BCUT2D eigenvalue weighted by molar-refractivity contribution is 14.0. The van der Waals surface area contributed by atoms with Gasteiger partial charge in [-0.15, -0.1) is 35.7 Å². The average molecular weight is 487 g/mol. The molecular formula is C19H26IN3O2S. The Morgan fingerprint density at radius 1 is 1.04 bits per heavy atom. The third-order valence-corrected chi connectivity index (χ3v) is 4.57. The minimum absolute atomic E-state index is 0. The number of thioether (sulfide) groups is 1. The summed E-state index contributed by atoms with van der Waals surface area (Å²) in [7, 11) is 5.00. The van der Waals surface area contributed by atoms with Crippen molar-refractivity contribution in [1.82, 2.24) is 5.32 Å². The van der Waals surface area contributed by atoms with Gasteiger partial charge < -0.3 is 20.1 Å². The van der Waals surface area contributed by atoms with Crippen LogP contribution in [0, 0.1) is 6.92 Å². The number of hydrogen-bond donors (Lipinski definition) is 2. The molecule has 0 radical (unpaired) electrons. The lowest BCUT2D eigenvalue weighted by atomic mass is 10.2. The first-order valence-electron chi connectivity index (χ1n) is 8.05. The summed E-state index contributed by atoms with van der Waals surface area (Å²) in [4.78, 5) is 5.52. The van der Waals surface area contributed by atoms with E-state index >= 15 is 0 Å². The zero-order valence-corrected chi connectivity index (χ0v) is 18.7. The molecule has 0 bridgehead atoms. The van der Waals surface area contributed by atoms with Crippen molar-refractivity contribution >= 4 is 47.4 Å². The van der Waals surface area contributed by atoms with Gasteiger partial charge in [0.05, 0.1) is 14.2 Å². The molecule has 0 fully saturated rings. The van der Waals surface area contributed by atoms with Gasteiger partial charge in [-0.3, -0.25) is 4.99 Å². The van der Waals surface area contributed by atoms with Gasteiger partial charge >= 0.3 is 0 Å². The molecule has 2 rings (SSSR count). The van der Waals surface area contributed by atoms with Crippen molar-refractivity contribution in [3.8, 4) is 11.5 Å². The van der Waals surface area contributed by atoms with Crippen LogP contribution in [-0.2, 0) is 0 Å². The van der Waals surface area contributed by atoms with Crippen molar-refractivity contribution in [2.45, 2.75) is 11.8 Å².